The Morgan fingerprint density at radius 2 is 2.18 bits per heavy atom. The molecule has 1 aromatic carbocycles. The van der Waals surface area contributed by atoms with E-state index in [0.29, 0.717) is 41.5 Å². The molecule has 0 fully saturated rings. The predicted molar refractivity (Wildman–Crippen MR) is 80.5 cm³/mol. The number of ether oxygens (including phenoxy) is 2. The lowest BCUT2D eigenvalue weighted by atomic mass is 10.1. The number of rotatable bonds is 3. The van der Waals surface area contributed by atoms with Gasteiger partial charge in [-0.05, 0) is 24.6 Å². The number of amides is 1. The lowest BCUT2D eigenvalue weighted by Crippen LogP contribution is -2.19. The van der Waals surface area contributed by atoms with Crippen LogP contribution in [-0.4, -0.2) is 33.9 Å². The molecule has 0 atom stereocenters. The lowest BCUT2D eigenvalue weighted by molar-refractivity contribution is -0.115. The first-order chi connectivity index (χ1) is 10.5. The molecule has 0 saturated heterocycles. The third-order valence-electron chi connectivity index (χ3n) is 3.14. The highest BCUT2D eigenvalue weighted by atomic mass is 35.5. The Labute approximate surface area is 132 Å². The fourth-order valence-corrected chi connectivity index (χ4v) is 2.53. The van der Waals surface area contributed by atoms with E-state index in [9.17, 15) is 4.79 Å². The van der Waals surface area contributed by atoms with Crippen molar-refractivity contribution in [2.24, 2.45) is 7.05 Å². The first kappa shape index (κ1) is 14.6. The van der Waals surface area contributed by atoms with E-state index in [-0.39, 0.29) is 12.3 Å². The van der Waals surface area contributed by atoms with Crippen LogP contribution in [0.3, 0.4) is 0 Å². The zero-order valence-electron chi connectivity index (χ0n) is 12.2. The number of nitrogens with one attached hydrogen (secondary N) is 1. The second-order valence-electron chi connectivity index (χ2n) is 4.93. The monoisotopic (exact) mass is 322 g/mol. The number of anilines is 1. The smallest absolute Gasteiger partial charge is 0.231 e. The van der Waals surface area contributed by atoms with Crippen molar-refractivity contribution in [2.75, 3.05) is 18.5 Å². The maximum absolute atomic E-state index is 12.1. The van der Waals surface area contributed by atoms with Crippen molar-refractivity contribution in [1.82, 2.24) is 14.8 Å². The maximum atomic E-state index is 12.1. The van der Waals surface area contributed by atoms with Crippen LogP contribution in [0.2, 0.25) is 5.02 Å². The molecule has 8 heteroatoms. The fraction of sp³-hybridized carbons (Fsp3) is 0.357. The van der Waals surface area contributed by atoms with E-state index in [1.54, 1.807) is 26.1 Å². The van der Waals surface area contributed by atoms with Crippen LogP contribution in [-0.2, 0) is 18.3 Å². The van der Waals surface area contributed by atoms with Gasteiger partial charge in [0.2, 0.25) is 11.9 Å². The van der Waals surface area contributed by atoms with Crippen molar-refractivity contribution in [3.8, 4) is 11.5 Å². The number of carbonyl (C=O) groups is 1. The molecule has 2 heterocycles. The molecule has 0 bridgehead atoms. The summed E-state index contributed by atoms with van der Waals surface area (Å²) in [6.07, 6.45) is 0.155. The van der Waals surface area contributed by atoms with E-state index in [0.717, 1.165) is 5.56 Å². The first-order valence-electron chi connectivity index (χ1n) is 6.78. The van der Waals surface area contributed by atoms with Crippen LogP contribution in [0.4, 0.5) is 5.95 Å². The molecule has 1 aliphatic heterocycles. The molecule has 0 aliphatic carbocycles. The van der Waals surface area contributed by atoms with Gasteiger partial charge in [0.05, 0.1) is 11.4 Å². The number of benzene rings is 1. The molecule has 3 rings (SSSR count). The number of aryl methyl sites for hydroxylation is 2. The molecular formula is C14H15ClN4O3. The molecule has 0 unspecified atom stereocenters. The van der Waals surface area contributed by atoms with Gasteiger partial charge in [0.25, 0.3) is 0 Å². The third-order valence-corrected chi connectivity index (χ3v) is 3.42. The van der Waals surface area contributed by atoms with Crippen molar-refractivity contribution in [3.63, 3.8) is 0 Å². The Kier molecular flexibility index (Phi) is 3.89. The number of fused-ring (bicyclic) bond motifs is 1. The summed E-state index contributed by atoms with van der Waals surface area (Å²) < 4.78 is 12.5. The molecular weight excluding hydrogens is 308 g/mol. The van der Waals surface area contributed by atoms with Gasteiger partial charge in [-0.25, -0.2) is 4.68 Å². The molecule has 1 aliphatic rings. The molecule has 22 heavy (non-hydrogen) atoms. The number of aromatic nitrogens is 3. The van der Waals surface area contributed by atoms with Gasteiger partial charge in [0.15, 0.2) is 11.5 Å². The van der Waals surface area contributed by atoms with Gasteiger partial charge in [-0.2, -0.15) is 10.1 Å². The lowest BCUT2D eigenvalue weighted by Gasteiger charge is -2.20. The van der Waals surface area contributed by atoms with Crippen molar-refractivity contribution in [2.45, 2.75) is 13.3 Å². The van der Waals surface area contributed by atoms with Crippen LogP contribution in [0.5, 0.6) is 11.5 Å². The van der Waals surface area contributed by atoms with E-state index in [4.69, 9.17) is 21.1 Å². The number of nitrogens with zero attached hydrogens (tertiary/aromatic N) is 3. The summed E-state index contributed by atoms with van der Waals surface area (Å²) in [5.41, 5.74) is 0.741. The summed E-state index contributed by atoms with van der Waals surface area (Å²) in [6.45, 7) is 2.70. The maximum Gasteiger partial charge on any atom is 0.231 e. The molecule has 0 saturated carbocycles. The Morgan fingerprint density at radius 3 is 2.91 bits per heavy atom. The average Bonchev–Trinajstić information content (AvgIpc) is 2.76. The van der Waals surface area contributed by atoms with Crippen LogP contribution in [0.15, 0.2) is 12.1 Å². The minimum atomic E-state index is -0.205. The van der Waals surface area contributed by atoms with Crippen molar-refractivity contribution in [3.05, 3.63) is 28.5 Å². The molecule has 0 spiro atoms. The van der Waals surface area contributed by atoms with Gasteiger partial charge < -0.3 is 9.47 Å². The number of hydrogen-bond acceptors (Lipinski definition) is 5. The van der Waals surface area contributed by atoms with Crippen molar-refractivity contribution >= 4 is 23.5 Å². The molecule has 1 N–H and O–H groups in total. The van der Waals surface area contributed by atoms with Crippen LogP contribution < -0.4 is 14.8 Å². The summed E-state index contributed by atoms with van der Waals surface area (Å²) in [5, 5.41) is 7.23. The van der Waals surface area contributed by atoms with Gasteiger partial charge in [0, 0.05) is 7.05 Å². The molecule has 116 valence electrons. The van der Waals surface area contributed by atoms with E-state index >= 15 is 0 Å². The van der Waals surface area contributed by atoms with Crippen LogP contribution >= 0.6 is 11.6 Å². The Morgan fingerprint density at radius 1 is 1.41 bits per heavy atom. The SMILES string of the molecule is Cc1nc(NC(=O)Cc2cc(Cl)c3c(c2)OCCO3)n(C)n1. The standard InChI is InChI=1S/C14H15ClN4O3/c1-8-16-14(19(2)18-8)17-12(20)7-9-5-10(15)13-11(6-9)21-3-4-22-13/h5-6H,3-4,7H2,1-2H3,(H,16,17,18,20). The summed E-state index contributed by atoms with van der Waals surface area (Å²) in [6, 6.07) is 3.47. The minimum absolute atomic E-state index is 0.155. The molecule has 2 aromatic rings. The highest BCUT2D eigenvalue weighted by molar-refractivity contribution is 6.32. The largest absolute Gasteiger partial charge is 0.486 e. The molecule has 0 radical (unpaired) electrons. The van der Waals surface area contributed by atoms with Gasteiger partial charge in [0.1, 0.15) is 19.0 Å². The van der Waals surface area contributed by atoms with Crippen molar-refractivity contribution in [1.29, 1.82) is 0 Å². The third kappa shape index (κ3) is 2.99. The fourth-order valence-electron chi connectivity index (χ4n) is 2.24. The Hall–Kier alpha value is -2.28. The second-order valence-corrected chi connectivity index (χ2v) is 5.34. The average molecular weight is 323 g/mol. The van der Waals surface area contributed by atoms with Crippen LogP contribution in [0.1, 0.15) is 11.4 Å². The van der Waals surface area contributed by atoms with Gasteiger partial charge in [-0.1, -0.05) is 11.6 Å². The normalized spacial score (nSPS) is 13.0. The summed E-state index contributed by atoms with van der Waals surface area (Å²) in [7, 11) is 1.72. The summed E-state index contributed by atoms with van der Waals surface area (Å²) in [4.78, 5) is 16.2. The second kappa shape index (κ2) is 5.84. The number of hydrogen-bond donors (Lipinski definition) is 1. The zero-order chi connectivity index (χ0) is 15.7. The van der Waals surface area contributed by atoms with E-state index in [1.165, 1.54) is 4.68 Å². The van der Waals surface area contributed by atoms with Crippen LogP contribution in [0, 0.1) is 6.92 Å². The number of carbonyl (C=O) groups excluding carboxylic acids is 1. The van der Waals surface area contributed by atoms with Crippen molar-refractivity contribution < 1.29 is 14.3 Å². The van der Waals surface area contributed by atoms with Crippen LogP contribution in [0.25, 0.3) is 0 Å². The van der Waals surface area contributed by atoms with E-state index < -0.39 is 0 Å². The highest BCUT2D eigenvalue weighted by Crippen LogP contribution is 2.38. The summed E-state index contributed by atoms with van der Waals surface area (Å²) in [5.74, 6) is 1.90. The molecule has 1 aromatic heterocycles. The topological polar surface area (TPSA) is 78.3 Å². The number of halogens is 1. The van der Waals surface area contributed by atoms with E-state index in [2.05, 4.69) is 15.4 Å². The van der Waals surface area contributed by atoms with Gasteiger partial charge in [-0.3, -0.25) is 10.1 Å². The molecule has 7 nitrogen and oxygen atoms in total. The minimum Gasteiger partial charge on any atom is -0.486 e. The quantitative estimate of drug-likeness (QED) is 0.931. The van der Waals surface area contributed by atoms with Gasteiger partial charge in [-0.15, -0.1) is 0 Å². The Bertz CT molecular complexity index is 729. The highest BCUT2D eigenvalue weighted by Gasteiger charge is 2.18. The molecule has 1 amide bonds. The van der Waals surface area contributed by atoms with Gasteiger partial charge >= 0.3 is 0 Å². The zero-order valence-corrected chi connectivity index (χ0v) is 13.0. The predicted octanol–water partition coefficient (Wildman–Crippen LogP) is 1.73. The Balaban J connectivity index is 1.74. The summed E-state index contributed by atoms with van der Waals surface area (Å²) >= 11 is 6.16. The van der Waals surface area contributed by atoms with E-state index in [1.807, 2.05) is 0 Å². The first-order valence-corrected chi connectivity index (χ1v) is 7.16.